The van der Waals surface area contributed by atoms with E-state index >= 15 is 0 Å². The van der Waals surface area contributed by atoms with E-state index in [1.807, 2.05) is 0 Å². The SMILES string of the molecule is C=C(Br)CN(Cc1ccccc1)Cc1ccc(C)cc1. The van der Waals surface area contributed by atoms with Crippen LogP contribution in [0.25, 0.3) is 0 Å². The van der Waals surface area contributed by atoms with Crippen LogP contribution in [0.3, 0.4) is 0 Å². The molecular formula is C18H20BrN. The first-order valence-electron chi connectivity index (χ1n) is 6.78. The molecule has 0 spiro atoms. The van der Waals surface area contributed by atoms with Gasteiger partial charge >= 0.3 is 0 Å². The molecule has 0 aliphatic carbocycles. The van der Waals surface area contributed by atoms with Crippen LogP contribution in [0.1, 0.15) is 16.7 Å². The lowest BCUT2D eigenvalue weighted by Crippen LogP contribution is -2.24. The van der Waals surface area contributed by atoms with Crippen molar-refractivity contribution in [1.82, 2.24) is 4.90 Å². The fourth-order valence-electron chi connectivity index (χ4n) is 2.20. The Bertz CT molecular complexity index is 545. The minimum Gasteiger partial charge on any atom is -0.290 e. The van der Waals surface area contributed by atoms with Gasteiger partial charge in [-0.15, -0.1) is 0 Å². The topological polar surface area (TPSA) is 3.24 Å². The third-order valence-electron chi connectivity index (χ3n) is 3.17. The van der Waals surface area contributed by atoms with Gasteiger partial charge in [-0.1, -0.05) is 82.7 Å². The Morgan fingerprint density at radius 3 is 2.05 bits per heavy atom. The van der Waals surface area contributed by atoms with Crippen molar-refractivity contribution >= 4 is 15.9 Å². The zero-order valence-electron chi connectivity index (χ0n) is 11.8. The largest absolute Gasteiger partial charge is 0.290 e. The van der Waals surface area contributed by atoms with Gasteiger partial charge in [0.2, 0.25) is 0 Å². The Hall–Kier alpha value is -1.38. The Kier molecular flexibility index (Phi) is 5.57. The highest BCUT2D eigenvalue weighted by Gasteiger charge is 2.07. The third kappa shape index (κ3) is 4.95. The van der Waals surface area contributed by atoms with Crippen LogP contribution in [0.4, 0.5) is 0 Å². The van der Waals surface area contributed by atoms with Crippen molar-refractivity contribution in [2.75, 3.05) is 6.54 Å². The van der Waals surface area contributed by atoms with Gasteiger partial charge in [-0.25, -0.2) is 0 Å². The number of hydrogen-bond donors (Lipinski definition) is 0. The fourth-order valence-corrected chi connectivity index (χ4v) is 2.56. The maximum Gasteiger partial charge on any atom is 0.0300 e. The third-order valence-corrected chi connectivity index (χ3v) is 3.42. The van der Waals surface area contributed by atoms with Gasteiger partial charge in [0.15, 0.2) is 0 Å². The minimum absolute atomic E-state index is 0.850. The first-order chi connectivity index (χ1) is 9.63. The molecule has 20 heavy (non-hydrogen) atoms. The molecule has 0 fully saturated rings. The van der Waals surface area contributed by atoms with Crippen LogP contribution < -0.4 is 0 Å². The molecule has 0 atom stereocenters. The van der Waals surface area contributed by atoms with Gasteiger partial charge < -0.3 is 0 Å². The second-order valence-corrected chi connectivity index (χ2v) is 6.26. The van der Waals surface area contributed by atoms with E-state index in [1.54, 1.807) is 0 Å². The van der Waals surface area contributed by atoms with Crippen molar-refractivity contribution in [3.63, 3.8) is 0 Å². The molecule has 2 aromatic rings. The smallest absolute Gasteiger partial charge is 0.0300 e. The number of halogens is 1. The molecule has 1 nitrogen and oxygen atoms in total. The van der Waals surface area contributed by atoms with Crippen LogP contribution in [0.2, 0.25) is 0 Å². The zero-order valence-corrected chi connectivity index (χ0v) is 13.4. The van der Waals surface area contributed by atoms with Gasteiger partial charge in [0.25, 0.3) is 0 Å². The van der Waals surface area contributed by atoms with Gasteiger partial charge in [-0.2, -0.15) is 0 Å². The Balaban J connectivity index is 2.07. The highest BCUT2D eigenvalue weighted by Crippen LogP contribution is 2.14. The van der Waals surface area contributed by atoms with Crippen molar-refractivity contribution in [2.45, 2.75) is 20.0 Å². The van der Waals surface area contributed by atoms with Crippen LogP contribution in [-0.2, 0) is 13.1 Å². The molecule has 0 saturated heterocycles. The number of rotatable bonds is 6. The van der Waals surface area contributed by atoms with Gasteiger partial charge in [0, 0.05) is 24.1 Å². The van der Waals surface area contributed by atoms with Crippen LogP contribution >= 0.6 is 15.9 Å². The van der Waals surface area contributed by atoms with Crippen molar-refractivity contribution in [2.24, 2.45) is 0 Å². The van der Waals surface area contributed by atoms with Crippen molar-refractivity contribution in [1.29, 1.82) is 0 Å². The summed E-state index contributed by atoms with van der Waals surface area (Å²) >= 11 is 3.48. The van der Waals surface area contributed by atoms with E-state index in [4.69, 9.17) is 0 Å². The molecule has 0 amide bonds. The number of nitrogens with zero attached hydrogens (tertiary/aromatic N) is 1. The average molecular weight is 330 g/mol. The standard InChI is InChI=1S/C18H20BrN/c1-15-8-10-18(11-9-15)14-20(12-16(2)19)13-17-6-4-3-5-7-17/h3-11H,2,12-14H2,1H3. The summed E-state index contributed by atoms with van der Waals surface area (Å²) in [6.45, 7) is 8.79. The molecule has 0 aliphatic heterocycles. The predicted molar refractivity (Wildman–Crippen MR) is 89.8 cm³/mol. The number of benzene rings is 2. The van der Waals surface area contributed by atoms with E-state index in [-0.39, 0.29) is 0 Å². The van der Waals surface area contributed by atoms with Gasteiger partial charge in [0.05, 0.1) is 0 Å². The van der Waals surface area contributed by atoms with E-state index in [1.165, 1.54) is 16.7 Å². The first-order valence-corrected chi connectivity index (χ1v) is 7.58. The molecule has 2 rings (SSSR count). The second-order valence-electron chi connectivity index (χ2n) is 5.13. The fraction of sp³-hybridized carbons (Fsp3) is 0.222. The quantitative estimate of drug-likeness (QED) is 0.728. The van der Waals surface area contributed by atoms with Crippen LogP contribution in [-0.4, -0.2) is 11.4 Å². The Morgan fingerprint density at radius 2 is 1.50 bits per heavy atom. The van der Waals surface area contributed by atoms with Gasteiger partial charge in [-0.05, 0) is 18.1 Å². The molecular weight excluding hydrogens is 310 g/mol. The highest BCUT2D eigenvalue weighted by atomic mass is 79.9. The number of aryl methyl sites for hydroxylation is 1. The normalized spacial score (nSPS) is 10.8. The van der Waals surface area contributed by atoms with Crippen LogP contribution in [0, 0.1) is 6.92 Å². The van der Waals surface area contributed by atoms with E-state index < -0.39 is 0 Å². The molecule has 2 aromatic carbocycles. The molecule has 0 N–H and O–H groups in total. The van der Waals surface area contributed by atoms with Crippen LogP contribution in [0.5, 0.6) is 0 Å². The summed E-state index contributed by atoms with van der Waals surface area (Å²) in [6, 6.07) is 19.3. The molecule has 0 radical (unpaired) electrons. The summed E-state index contributed by atoms with van der Waals surface area (Å²) in [5.41, 5.74) is 3.96. The maximum atomic E-state index is 3.97. The monoisotopic (exact) mass is 329 g/mol. The lowest BCUT2D eigenvalue weighted by Gasteiger charge is -2.22. The van der Waals surface area contributed by atoms with Gasteiger partial charge in [0.1, 0.15) is 0 Å². The summed E-state index contributed by atoms with van der Waals surface area (Å²) in [5, 5.41) is 0. The number of hydrogen-bond acceptors (Lipinski definition) is 1. The van der Waals surface area contributed by atoms with Crippen LogP contribution in [0.15, 0.2) is 65.7 Å². The van der Waals surface area contributed by atoms with Crippen molar-refractivity contribution in [3.8, 4) is 0 Å². The summed E-state index contributed by atoms with van der Waals surface area (Å²) in [5.74, 6) is 0. The van der Waals surface area contributed by atoms with E-state index in [0.717, 1.165) is 24.1 Å². The highest BCUT2D eigenvalue weighted by molar-refractivity contribution is 9.11. The Morgan fingerprint density at radius 1 is 0.950 bits per heavy atom. The second kappa shape index (κ2) is 7.41. The predicted octanol–water partition coefficient (Wildman–Crippen LogP) is 4.91. The molecule has 0 aliphatic rings. The molecule has 104 valence electrons. The zero-order chi connectivity index (χ0) is 14.4. The summed E-state index contributed by atoms with van der Waals surface area (Å²) in [7, 11) is 0. The van der Waals surface area contributed by atoms with Crippen molar-refractivity contribution < 1.29 is 0 Å². The molecule has 0 unspecified atom stereocenters. The average Bonchev–Trinajstić information content (AvgIpc) is 2.42. The molecule has 2 heteroatoms. The lowest BCUT2D eigenvalue weighted by atomic mass is 10.1. The van der Waals surface area contributed by atoms with E-state index in [9.17, 15) is 0 Å². The van der Waals surface area contributed by atoms with E-state index in [0.29, 0.717) is 0 Å². The van der Waals surface area contributed by atoms with Crippen molar-refractivity contribution in [3.05, 3.63) is 82.3 Å². The summed E-state index contributed by atoms with van der Waals surface area (Å²) in [6.07, 6.45) is 0. The van der Waals surface area contributed by atoms with E-state index in [2.05, 4.69) is 88.9 Å². The lowest BCUT2D eigenvalue weighted by molar-refractivity contribution is 0.284. The Labute approximate surface area is 130 Å². The van der Waals surface area contributed by atoms with Gasteiger partial charge in [-0.3, -0.25) is 4.90 Å². The maximum absolute atomic E-state index is 3.97. The molecule has 0 saturated carbocycles. The minimum atomic E-state index is 0.850. The molecule has 0 aromatic heterocycles. The summed E-state index contributed by atoms with van der Waals surface area (Å²) < 4.78 is 1.01. The molecule has 0 bridgehead atoms. The first kappa shape index (κ1) is 15.0. The molecule has 0 heterocycles. The summed E-state index contributed by atoms with van der Waals surface area (Å²) in [4.78, 5) is 2.39.